The number of hydrazone groups is 1. The molecule has 0 aliphatic rings. The monoisotopic (exact) mass is 367 g/mol. The fourth-order valence-electron chi connectivity index (χ4n) is 2.00. The van der Waals surface area contributed by atoms with E-state index in [1.54, 1.807) is 48.5 Å². The van der Waals surface area contributed by atoms with Crippen LogP contribution in [0, 0.1) is 5.53 Å². The van der Waals surface area contributed by atoms with Crippen molar-refractivity contribution in [1.82, 2.24) is 0 Å². The molecule has 0 radical (unpaired) electrons. The van der Waals surface area contributed by atoms with Crippen LogP contribution in [0.2, 0.25) is 0 Å². The van der Waals surface area contributed by atoms with Crippen LogP contribution in [0.25, 0.3) is 6.08 Å². The minimum Gasteiger partial charge on any atom is -0.485 e. The van der Waals surface area contributed by atoms with Crippen molar-refractivity contribution >= 4 is 29.5 Å². The lowest BCUT2D eigenvalue weighted by Gasteiger charge is -2.08. The van der Waals surface area contributed by atoms with Gasteiger partial charge in [0, 0.05) is 17.3 Å². The fraction of sp³-hybridized carbons (Fsp3) is 0.0556. The molecule has 0 aromatic heterocycles. The van der Waals surface area contributed by atoms with Gasteiger partial charge in [-0.3, -0.25) is 4.79 Å². The first kappa shape index (κ1) is 19.3. The number of rotatable bonds is 7. The molecule has 0 heterocycles. The van der Waals surface area contributed by atoms with Gasteiger partial charge >= 0.3 is 5.97 Å². The maximum atomic E-state index is 12.3. The van der Waals surface area contributed by atoms with E-state index in [9.17, 15) is 9.59 Å². The van der Waals surface area contributed by atoms with E-state index >= 15 is 0 Å². The number of nitrogens with one attached hydrogen (secondary N) is 2. The van der Waals surface area contributed by atoms with E-state index in [1.807, 2.05) is 0 Å². The number of benzene rings is 2. The molecular formula is C18H17N5O4. The molecule has 0 atom stereocenters. The molecule has 2 aromatic rings. The Kier molecular flexibility index (Phi) is 6.77. The lowest BCUT2D eigenvalue weighted by Crippen LogP contribution is -2.12. The van der Waals surface area contributed by atoms with E-state index in [-0.39, 0.29) is 18.3 Å². The first-order valence-electron chi connectivity index (χ1n) is 7.71. The van der Waals surface area contributed by atoms with E-state index in [0.29, 0.717) is 22.6 Å². The summed E-state index contributed by atoms with van der Waals surface area (Å²) in [6, 6.07) is 13.1. The molecule has 5 N–H and O–H groups in total. The smallest absolute Gasteiger partial charge is 0.328 e. The van der Waals surface area contributed by atoms with Crippen LogP contribution in [0.1, 0.15) is 15.9 Å². The number of carboxylic acid groups (broad SMARTS) is 1. The number of carboxylic acids is 1. The van der Waals surface area contributed by atoms with E-state index in [4.69, 9.17) is 21.2 Å². The second-order valence-corrected chi connectivity index (χ2v) is 5.22. The fourth-order valence-corrected chi connectivity index (χ4v) is 2.00. The molecule has 27 heavy (non-hydrogen) atoms. The summed E-state index contributed by atoms with van der Waals surface area (Å²) in [6.45, 7) is -0.0474. The van der Waals surface area contributed by atoms with Gasteiger partial charge in [-0.15, -0.1) is 5.11 Å². The summed E-state index contributed by atoms with van der Waals surface area (Å²) in [5, 5.41) is 17.7. The predicted molar refractivity (Wildman–Crippen MR) is 99.8 cm³/mol. The number of hydrogen-bond acceptors (Lipinski definition) is 6. The molecular weight excluding hydrogens is 350 g/mol. The van der Waals surface area contributed by atoms with E-state index in [2.05, 4.69) is 15.5 Å². The third-order valence-electron chi connectivity index (χ3n) is 3.35. The summed E-state index contributed by atoms with van der Waals surface area (Å²) in [5.41, 5.74) is 8.54. The van der Waals surface area contributed by atoms with E-state index in [1.165, 1.54) is 6.08 Å². The van der Waals surface area contributed by atoms with Crippen molar-refractivity contribution in [3.63, 3.8) is 0 Å². The van der Waals surface area contributed by atoms with Gasteiger partial charge in [-0.1, -0.05) is 12.1 Å². The highest BCUT2D eigenvalue weighted by molar-refractivity contribution is 6.04. The number of anilines is 1. The summed E-state index contributed by atoms with van der Waals surface area (Å²) in [5.74, 6) is 4.22. The number of carbonyl (C=O) groups excluding carboxylic acids is 1. The maximum absolute atomic E-state index is 12.3. The molecule has 0 aliphatic heterocycles. The zero-order valence-corrected chi connectivity index (χ0v) is 14.1. The normalized spacial score (nSPS) is 11.2. The molecule has 0 bridgehead atoms. The Bertz CT molecular complexity index is 874. The summed E-state index contributed by atoms with van der Waals surface area (Å²) >= 11 is 0. The molecule has 138 valence electrons. The highest BCUT2D eigenvalue weighted by Gasteiger charge is 2.07. The maximum Gasteiger partial charge on any atom is 0.328 e. The third-order valence-corrected chi connectivity index (χ3v) is 3.35. The minimum atomic E-state index is -1.03. The Morgan fingerprint density at radius 1 is 1.15 bits per heavy atom. The molecule has 9 nitrogen and oxygen atoms in total. The van der Waals surface area contributed by atoms with Crippen molar-refractivity contribution in [2.24, 2.45) is 16.1 Å². The zero-order valence-electron chi connectivity index (χ0n) is 14.1. The number of amides is 1. The van der Waals surface area contributed by atoms with Gasteiger partial charge in [-0.05, 0) is 48.0 Å². The number of nitrogens with two attached hydrogens (primary N) is 1. The predicted octanol–water partition coefficient (Wildman–Crippen LogP) is 2.72. The number of nitrogens with zero attached hydrogens (tertiary/aromatic N) is 2. The Balaban J connectivity index is 1.95. The van der Waals surface area contributed by atoms with Crippen molar-refractivity contribution in [3.8, 4) is 5.75 Å². The van der Waals surface area contributed by atoms with Crippen LogP contribution in [0.15, 0.2) is 64.8 Å². The average molecular weight is 367 g/mol. The number of amidine groups is 1. The molecule has 0 spiro atoms. The van der Waals surface area contributed by atoms with Crippen molar-refractivity contribution in [2.45, 2.75) is 0 Å². The quantitative estimate of drug-likeness (QED) is 0.148. The van der Waals surface area contributed by atoms with Crippen molar-refractivity contribution in [1.29, 1.82) is 5.53 Å². The van der Waals surface area contributed by atoms with Crippen molar-refractivity contribution in [3.05, 3.63) is 65.7 Å². The Morgan fingerprint density at radius 3 is 2.37 bits per heavy atom. The van der Waals surface area contributed by atoms with Crippen LogP contribution in [0.4, 0.5) is 5.69 Å². The van der Waals surface area contributed by atoms with Crippen molar-refractivity contribution in [2.75, 3.05) is 11.9 Å². The second kappa shape index (κ2) is 9.47. The Morgan fingerprint density at radius 2 is 1.81 bits per heavy atom. The molecule has 0 fully saturated rings. The number of hydrogen-bond donors (Lipinski definition) is 4. The van der Waals surface area contributed by atoms with Gasteiger partial charge in [-0.2, -0.15) is 5.10 Å². The summed E-state index contributed by atoms with van der Waals surface area (Å²) in [6.07, 6.45) is 2.50. The molecule has 0 unspecified atom stereocenters. The lowest BCUT2D eigenvalue weighted by atomic mass is 10.1. The van der Waals surface area contributed by atoms with E-state index < -0.39 is 5.97 Å². The van der Waals surface area contributed by atoms with Gasteiger partial charge in [-0.25, -0.2) is 10.3 Å². The van der Waals surface area contributed by atoms with Gasteiger partial charge in [0.2, 0.25) is 5.84 Å². The molecule has 1 amide bonds. The van der Waals surface area contributed by atoms with Gasteiger partial charge in [0.05, 0.1) is 0 Å². The van der Waals surface area contributed by atoms with Gasteiger partial charge in [0.15, 0.2) is 6.61 Å². The van der Waals surface area contributed by atoms with Gasteiger partial charge < -0.3 is 21.0 Å². The van der Waals surface area contributed by atoms with Gasteiger partial charge in [0.25, 0.3) is 5.91 Å². The summed E-state index contributed by atoms with van der Waals surface area (Å²) in [7, 11) is 0. The summed E-state index contributed by atoms with van der Waals surface area (Å²) < 4.78 is 5.35. The van der Waals surface area contributed by atoms with Crippen LogP contribution in [-0.4, -0.2) is 29.4 Å². The molecule has 0 saturated heterocycles. The van der Waals surface area contributed by atoms with Crippen LogP contribution < -0.4 is 15.9 Å². The second-order valence-electron chi connectivity index (χ2n) is 5.22. The van der Waals surface area contributed by atoms with Crippen LogP contribution >= 0.6 is 0 Å². The molecule has 2 rings (SSSR count). The molecule has 0 aliphatic carbocycles. The minimum absolute atomic E-state index is 0.0402. The average Bonchev–Trinajstić information content (AvgIpc) is 2.68. The first-order chi connectivity index (χ1) is 13.0. The lowest BCUT2D eigenvalue weighted by molar-refractivity contribution is -0.131. The molecule has 9 heteroatoms. The topological polar surface area (TPSA) is 150 Å². The SMILES string of the molecule is N=N/C(COc1ccc(C(=O)Nc2ccc(/C=C/C(=O)O)cc2)cc1)=N\N. The zero-order chi connectivity index (χ0) is 19.6. The number of carbonyl (C=O) groups is 2. The van der Waals surface area contributed by atoms with Crippen molar-refractivity contribution < 1.29 is 19.4 Å². The van der Waals surface area contributed by atoms with Gasteiger partial charge in [0.1, 0.15) is 5.75 Å². The first-order valence-corrected chi connectivity index (χ1v) is 7.71. The highest BCUT2D eigenvalue weighted by Crippen LogP contribution is 2.15. The highest BCUT2D eigenvalue weighted by atomic mass is 16.5. The Labute approximate surface area is 154 Å². The van der Waals surface area contributed by atoms with Crippen LogP contribution in [-0.2, 0) is 4.79 Å². The van der Waals surface area contributed by atoms with Crippen LogP contribution in [0.5, 0.6) is 5.75 Å². The molecule has 0 saturated carbocycles. The molecule has 2 aromatic carbocycles. The third kappa shape index (κ3) is 6.09. The largest absolute Gasteiger partial charge is 0.485 e. The summed E-state index contributed by atoms with van der Waals surface area (Å²) in [4.78, 5) is 22.8. The van der Waals surface area contributed by atoms with E-state index in [0.717, 1.165) is 6.08 Å². The number of aliphatic carboxylic acids is 1. The Hall–Kier alpha value is -4.01. The standard InChI is InChI=1S/C18H17N5O4/c19-22-16(23-20)11-27-15-8-4-13(5-9-15)18(26)21-14-6-1-12(2-7-14)3-10-17(24)25/h1-10,19H,11,20H2,(H,21,26)(H,24,25)/b10-3+,22-19?,23-16-. The number of ether oxygens (including phenoxy) is 1. The van der Waals surface area contributed by atoms with Crippen LogP contribution in [0.3, 0.4) is 0 Å².